The summed E-state index contributed by atoms with van der Waals surface area (Å²) in [6, 6.07) is 12.2. The molecule has 0 saturated heterocycles. The molecule has 2 rings (SSSR count). The molecule has 20 heavy (non-hydrogen) atoms. The van der Waals surface area contributed by atoms with Gasteiger partial charge in [0, 0.05) is 30.4 Å². The summed E-state index contributed by atoms with van der Waals surface area (Å²) in [4.78, 5) is 0.168. The Morgan fingerprint density at radius 3 is 2.55 bits per heavy atom. The third-order valence-corrected chi connectivity index (χ3v) is 5.26. The second kappa shape index (κ2) is 5.80. The summed E-state index contributed by atoms with van der Waals surface area (Å²) < 4.78 is 26.3. The van der Waals surface area contributed by atoms with E-state index < -0.39 is 10.0 Å². The van der Waals surface area contributed by atoms with E-state index in [-0.39, 0.29) is 17.9 Å². The molecule has 0 heterocycles. The van der Waals surface area contributed by atoms with E-state index in [1.807, 2.05) is 18.2 Å². The van der Waals surface area contributed by atoms with Crippen molar-refractivity contribution >= 4 is 32.4 Å². The van der Waals surface area contributed by atoms with Crippen LogP contribution >= 0.6 is 11.6 Å². The highest BCUT2D eigenvalue weighted by Crippen LogP contribution is 2.31. The van der Waals surface area contributed by atoms with Crippen molar-refractivity contribution in [3.8, 4) is 6.07 Å². The average molecular weight is 309 g/mol. The van der Waals surface area contributed by atoms with Crippen molar-refractivity contribution in [3.63, 3.8) is 0 Å². The predicted octanol–water partition coefficient (Wildman–Crippen LogP) is 3.03. The molecule has 0 atom stereocenters. The standard InChI is InChI=1S/C14H13ClN2O2S/c1-17(10-4-9-16)20(18,19)13-8-3-6-11-5-2-7-12(15)14(11)13/h2-3,5-8H,4,10H2,1H3. The fraction of sp³-hybridized carbons (Fsp3) is 0.214. The molecular weight excluding hydrogens is 296 g/mol. The van der Waals surface area contributed by atoms with Crippen LogP contribution in [0.2, 0.25) is 5.02 Å². The predicted molar refractivity (Wildman–Crippen MR) is 79.0 cm³/mol. The Bertz CT molecular complexity index is 776. The minimum absolute atomic E-state index is 0.147. The monoisotopic (exact) mass is 308 g/mol. The zero-order valence-electron chi connectivity index (χ0n) is 10.9. The van der Waals surface area contributed by atoms with Gasteiger partial charge in [-0.05, 0) is 17.5 Å². The lowest BCUT2D eigenvalue weighted by atomic mass is 10.1. The molecule has 2 aromatic rings. The number of nitrogens with zero attached hydrogens (tertiary/aromatic N) is 2. The summed E-state index contributed by atoms with van der Waals surface area (Å²) in [5.41, 5.74) is 0. The van der Waals surface area contributed by atoms with Crippen LogP contribution < -0.4 is 0 Å². The Balaban J connectivity index is 2.61. The van der Waals surface area contributed by atoms with Crippen LogP contribution in [0.3, 0.4) is 0 Å². The van der Waals surface area contributed by atoms with Gasteiger partial charge in [-0.1, -0.05) is 35.9 Å². The average Bonchev–Trinajstić information content (AvgIpc) is 2.44. The molecule has 0 bridgehead atoms. The minimum Gasteiger partial charge on any atom is -0.207 e. The van der Waals surface area contributed by atoms with Crippen LogP contribution in [0, 0.1) is 11.3 Å². The Morgan fingerprint density at radius 2 is 1.90 bits per heavy atom. The van der Waals surface area contributed by atoms with Crippen LogP contribution in [0.4, 0.5) is 0 Å². The molecule has 0 aromatic heterocycles. The van der Waals surface area contributed by atoms with Gasteiger partial charge >= 0.3 is 0 Å². The zero-order chi connectivity index (χ0) is 14.8. The quantitative estimate of drug-likeness (QED) is 0.872. The summed E-state index contributed by atoms with van der Waals surface area (Å²) in [7, 11) is -2.20. The van der Waals surface area contributed by atoms with E-state index in [9.17, 15) is 8.42 Å². The van der Waals surface area contributed by atoms with E-state index in [0.717, 1.165) is 5.39 Å². The fourth-order valence-corrected chi connectivity index (χ4v) is 3.72. The molecule has 0 aliphatic carbocycles. The Morgan fingerprint density at radius 1 is 1.25 bits per heavy atom. The minimum atomic E-state index is -3.66. The number of nitriles is 1. The number of fused-ring (bicyclic) bond motifs is 1. The molecule has 0 radical (unpaired) electrons. The summed E-state index contributed by atoms with van der Waals surface area (Å²) >= 11 is 6.14. The first-order chi connectivity index (χ1) is 9.48. The van der Waals surface area contributed by atoms with Crippen molar-refractivity contribution in [2.45, 2.75) is 11.3 Å². The van der Waals surface area contributed by atoms with E-state index in [1.54, 1.807) is 18.2 Å². The lowest BCUT2D eigenvalue weighted by Gasteiger charge is -2.17. The van der Waals surface area contributed by atoms with Gasteiger partial charge in [-0.15, -0.1) is 0 Å². The van der Waals surface area contributed by atoms with E-state index in [1.165, 1.54) is 17.4 Å². The number of hydrogen-bond donors (Lipinski definition) is 0. The van der Waals surface area contributed by atoms with Gasteiger partial charge in [-0.3, -0.25) is 0 Å². The van der Waals surface area contributed by atoms with Crippen LogP contribution in [-0.4, -0.2) is 26.3 Å². The van der Waals surface area contributed by atoms with Crippen molar-refractivity contribution in [2.24, 2.45) is 0 Å². The molecule has 0 aliphatic rings. The maximum atomic E-state index is 12.6. The van der Waals surface area contributed by atoms with Gasteiger partial charge in [-0.2, -0.15) is 9.57 Å². The Labute approximate surface area is 123 Å². The molecule has 0 saturated carbocycles. The van der Waals surface area contributed by atoms with E-state index >= 15 is 0 Å². The van der Waals surface area contributed by atoms with Gasteiger partial charge in [0.05, 0.1) is 11.0 Å². The first kappa shape index (κ1) is 14.8. The second-order valence-corrected chi connectivity index (χ2v) is 6.75. The molecule has 0 N–H and O–H groups in total. The molecular formula is C14H13ClN2O2S. The molecule has 0 spiro atoms. The third-order valence-electron chi connectivity index (χ3n) is 3.04. The van der Waals surface area contributed by atoms with Gasteiger partial charge in [0.25, 0.3) is 0 Å². The normalized spacial score (nSPS) is 11.7. The molecule has 104 valence electrons. The van der Waals surface area contributed by atoms with E-state index in [4.69, 9.17) is 16.9 Å². The van der Waals surface area contributed by atoms with E-state index in [0.29, 0.717) is 10.4 Å². The number of rotatable bonds is 4. The van der Waals surface area contributed by atoms with E-state index in [2.05, 4.69) is 0 Å². The van der Waals surface area contributed by atoms with Gasteiger partial charge in [-0.25, -0.2) is 8.42 Å². The van der Waals surface area contributed by atoms with Gasteiger partial charge in [0.2, 0.25) is 10.0 Å². The van der Waals surface area contributed by atoms with Crippen molar-refractivity contribution in [1.82, 2.24) is 4.31 Å². The van der Waals surface area contributed by atoms with Gasteiger partial charge in [0.1, 0.15) is 0 Å². The van der Waals surface area contributed by atoms with Gasteiger partial charge in [0.15, 0.2) is 0 Å². The van der Waals surface area contributed by atoms with Gasteiger partial charge < -0.3 is 0 Å². The Hall–Kier alpha value is -1.61. The summed E-state index contributed by atoms with van der Waals surface area (Å²) in [6.07, 6.45) is 0.147. The van der Waals surface area contributed by atoms with Crippen LogP contribution in [-0.2, 0) is 10.0 Å². The number of benzene rings is 2. The SMILES string of the molecule is CN(CCC#N)S(=O)(=O)c1cccc2cccc(Cl)c12. The highest BCUT2D eigenvalue weighted by molar-refractivity contribution is 7.89. The largest absolute Gasteiger partial charge is 0.243 e. The number of hydrogen-bond acceptors (Lipinski definition) is 3. The summed E-state index contributed by atoms with van der Waals surface area (Å²) in [5.74, 6) is 0. The molecule has 0 fully saturated rings. The smallest absolute Gasteiger partial charge is 0.207 e. The lowest BCUT2D eigenvalue weighted by Crippen LogP contribution is -2.28. The number of halogens is 1. The highest BCUT2D eigenvalue weighted by Gasteiger charge is 2.23. The van der Waals surface area contributed by atoms with Crippen LogP contribution in [0.1, 0.15) is 6.42 Å². The molecule has 6 heteroatoms. The maximum Gasteiger partial charge on any atom is 0.243 e. The topological polar surface area (TPSA) is 61.2 Å². The van der Waals surface area contributed by atoms with Crippen molar-refractivity contribution < 1.29 is 8.42 Å². The van der Waals surface area contributed by atoms with Crippen LogP contribution in [0.15, 0.2) is 41.3 Å². The Kier molecular flexibility index (Phi) is 4.29. The highest BCUT2D eigenvalue weighted by atomic mass is 35.5. The third kappa shape index (κ3) is 2.63. The first-order valence-corrected chi connectivity index (χ1v) is 7.81. The summed E-state index contributed by atoms with van der Waals surface area (Å²) in [5, 5.41) is 10.3. The van der Waals surface area contributed by atoms with Crippen molar-refractivity contribution in [3.05, 3.63) is 41.4 Å². The van der Waals surface area contributed by atoms with Crippen molar-refractivity contribution in [1.29, 1.82) is 5.26 Å². The van der Waals surface area contributed by atoms with Crippen LogP contribution in [0.25, 0.3) is 10.8 Å². The fourth-order valence-electron chi connectivity index (χ4n) is 1.97. The zero-order valence-corrected chi connectivity index (χ0v) is 12.4. The molecule has 0 unspecified atom stereocenters. The maximum absolute atomic E-state index is 12.6. The van der Waals surface area contributed by atoms with Crippen molar-refractivity contribution in [2.75, 3.05) is 13.6 Å². The second-order valence-electron chi connectivity index (χ2n) is 4.33. The first-order valence-electron chi connectivity index (χ1n) is 5.99. The lowest BCUT2D eigenvalue weighted by molar-refractivity contribution is 0.477. The van der Waals surface area contributed by atoms with Crippen LogP contribution in [0.5, 0.6) is 0 Å². The molecule has 0 amide bonds. The summed E-state index contributed by atoms with van der Waals surface area (Å²) in [6.45, 7) is 0.152. The number of sulfonamides is 1. The molecule has 0 aliphatic heterocycles. The molecule has 4 nitrogen and oxygen atoms in total. The molecule has 2 aromatic carbocycles.